The van der Waals surface area contributed by atoms with Gasteiger partial charge in [0.2, 0.25) is 0 Å². The highest BCUT2D eigenvalue weighted by molar-refractivity contribution is 8.00. The highest BCUT2D eigenvalue weighted by atomic mass is 32.2. The van der Waals surface area contributed by atoms with Crippen LogP contribution in [0.5, 0.6) is 23.0 Å². The van der Waals surface area contributed by atoms with Crippen molar-refractivity contribution in [3.05, 3.63) is 131 Å². The van der Waals surface area contributed by atoms with Crippen molar-refractivity contribution in [1.29, 1.82) is 0 Å². The van der Waals surface area contributed by atoms with Gasteiger partial charge < -0.3 is 18.9 Å². The highest BCUT2D eigenvalue weighted by Crippen LogP contribution is 2.44. The highest BCUT2D eigenvalue weighted by Gasteiger charge is 2.18. The number of hydrogen-bond acceptors (Lipinski definition) is 5. The molecule has 4 rings (SSSR count). The van der Waals surface area contributed by atoms with Gasteiger partial charge in [-0.15, -0.1) is 11.8 Å². The molecule has 212 valence electrons. The van der Waals surface area contributed by atoms with Gasteiger partial charge in [-0.3, -0.25) is 0 Å². The van der Waals surface area contributed by atoms with Gasteiger partial charge in [-0.2, -0.15) is 0 Å². The summed E-state index contributed by atoms with van der Waals surface area (Å²) in [5.74, 6) is 2.12. The molecule has 2 unspecified atom stereocenters. The van der Waals surface area contributed by atoms with Gasteiger partial charge in [0, 0.05) is 33.8 Å². The number of thioether (sulfide) groups is 1. The number of hydrogen-bond donors (Lipinski definition) is 0. The van der Waals surface area contributed by atoms with Crippen LogP contribution in [0.2, 0.25) is 0 Å². The molecular weight excluding hydrogens is 542 g/mol. The van der Waals surface area contributed by atoms with E-state index in [0.29, 0.717) is 23.0 Å². The van der Waals surface area contributed by atoms with E-state index in [0.717, 1.165) is 22.3 Å². The molecule has 0 saturated heterocycles. The van der Waals surface area contributed by atoms with E-state index < -0.39 is 0 Å². The van der Waals surface area contributed by atoms with E-state index in [1.165, 1.54) is 24.3 Å². The zero-order valence-corrected chi connectivity index (χ0v) is 24.2. The summed E-state index contributed by atoms with van der Waals surface area (Å²) >= 11 is 1.64. The summed E-state index contributed by atoms with van der Waals surface area (Å²) < 4.78 is 49.5. The molecule has 2 atom stereocenters. The summed E-state index contributed by atoms with van der Waals surface area (Å²) in [5.41, 5.74) is 3.58. The summed E-state index contributed by atoms with van der Waals surface area (Å²) in [6.45, 7) is 0. The largest absolute Gasteiger partial charge is 0.497 e. The van der Waals surface area contributed by atoms with Crippen LogP contribution < -0.4 is 18.9 Å². The van der Waals surface area contributed by atoms with Crippen molar-refractivity contribution in [3.63, 3.8) is 0 Å². The van der Waals surface area contributed by atoms with Crippen molar-refractivity contribution >= 4 is 23.9 Å². The van der Waals surface area contributed by atoms with E-state index in [2.05, 4.69) is 12.2 Å². The van der Waals surface area contributed by atoms with Gasteiger partial charge in [0.1, 0.15) is 34.6 Å². The molecule has 0 N–H and O–H groups in total. The minimum absolute atomic E-state index is 0.181. The van der Waals surface area contributed by atoms with Gasteiger partial charge in [-0.05, 0) is 59.7 Å². The molecule has 0 aliphatic heterocycles. The molecule has 0 fully saturated rings. The second kappa shape index (κ2) is 14.4. The van der Waals surface area contributed by atoms with E-state index in [-0.39, 0.29) is 22.1 Å². The molecule has 4 aromatic carbocycles. The van der Waals surface area contributed by atoms with Crippen LogP contribution in [0, 0.1) is 11.6 Å². The van der Waals surface area contributed by atoms with Crippen molar-refractivity contribution in [3.8, 4) is 23.0 Å². The summed E-state index contributed by atoms with van der Waals surface area (Å²) in [6.07, 6.45) is 8.08. The topological polar surface area (TPSA) is 36.9 Å². The molecule has 0 amide bonds. The number of ether oxygens (including phenoxy) is 4. The zero-order valence-electron chi connectivity index (χ0n) is 23.3. The van der Waals surface area contributed by atoms with E-state index in [9.17, 15) is 8.78 Å². The minimum atomic E-state index is -0.306. The van der Waals surface area contributed by atoms with Crippen LogP contribution in [-0.4, -0.2) is 28.4 Å². The third-order valence-corrected chi connectivity index (χ3v) is 7.92. The Labute approximate surface area is 244 Å². The minimum Gasteiger partial charge on any atom is -0.497 e. The predicted octanol–water partition coefficient (Wildman–Crippen LogP) is 8.94. The van der Waals surface area contributed by atoms with Crippen LogP contribution in [0.1, 0.15) is 32.8 Å². The van der Waals surface area contributed by atoms with Gasteiger partial charge in [0.15, 0.2) is 0 Å². The second-order valence-corrected chi connectivity index (χ2v) is 10.3. The fourth-order valence-electron chi connectivity index (χ4n) is 4.23. The Kier molecular flexibility index (Phi) is 10.5. The van der Waals surface area contributed by atoms with Crippen LogP contribution >= 0.6 is 11.8 Å². The molecule has 0 aliphatic carbocycles. The Hall–Kier alpha value is -4.23. The lowest BCUT2D eigenvalue weighted by atomic mass is 10.1. The molecule has 4 nitrogen and oxygen atoms in total. The maximum absolute atomic E-state index is 13.8. The molecule has 0 saturated carbocycles. The van der Waals surface area contributed by atoms with E-state index in [1.54, 1.807) is 64.5 Å². The van der Waals surface area contributed by atoms with E-state index >= 15 is 0 Å². The van der Waals surface area contributed by atoms with Gasteiger partial charge >= 0.3 is 0 Å². The maximum atomic E-state index is 13.8. The molecule has 7 heteroatoms. The van der Waals surface area contributed by atoms with Crippen molar-refractivity contribution in [2.24, 2.45) is 0 Å². The van der Waals surface area contributed by atoms with Crippen LogP contribution in [0.15, 0.2) is 97.1 Å². The molecule has 0 heterocycles. The average molecular weight is 575 g/mol. The third-order valence-electron chi connectivity index (χ3n) is 6.47. The molecule has 4 aromatic rings. The van der Waals surface area contributed by atoms with Crippen LogP contribution in [0.4, 0.5) is 8.78 Å². The van der Waals surface area contributed by atoms with Crippen LogP contribution in [0.3, 0.4) is 0 Å². The zero-order chi connectivity index (χ0) is 29.2. The fourth-order valence-corrected chi connectivity index (χ4v) is 5.51. The first-order valence-corrected chi connectivity index (χ1v) is 13.8. The maximum Gasteiger partial charge on any atom is 0.129 e. The summed E-state index contributed by atoms with van der Waals surface area (Å²) in [4.78, 5) is 0. The van der Waals surface area contributed by atoms with Gasteiger partial charge in [-0.1, -0.05) is 48.6 Å². The molecule has 0 bridgehead atoms. The summed E-state index contributed by atoms with van der Waals surface area (Å²) in [7, 11) is 6.44. The average Bonchev–Trinajstić information content (AvgIpc) is 3.01. The quantitative estimate of drug-likeness (QED) is 0.169. The summed E-state index contributed by atoms with van der Waals surface area (Å²) in [5, 5.41) is -0.361. The lowest BCUT2D eigenvalue weighted by Crippen LogP contribution is -1.98. The molecule has 0 radical (unpaired) electrons. The van der Waals surface area contributed by atoms with Gasteiger partial charge in [0.25, 0.3) is 0 Å². The van der Waals surface area contributed by atoms with Gasteiger partial charge in [-0.25, -0.2) is 8.78 Å². The van der Waals surface area contributed by atoms with Gasteiger partial charge in [0.05, 0.1) is 28.4 Å². The first-order chi connectivity index (χ1) is 19.9. The van der Waals surface area contributed by atoms with E-state index in [4.69, 9.17) is 18.9 Å². The van der Waals surface area contributed by atoms with Crippen molar-refractivity contribution in [1.82, 2.24) is 0 Å². The Bertz CT molecular complexity index is 1370. The number of methoxy groups -OCH3 is 4. The smallest absolute Gasteiger partial charge is 0.129 e. The fraction of sp³-hybridized carbons (Fsp3) is 0.176. The Morgan fingerprint density at radius 1 is 0.537 bits per heavy atom. The lowest BCUT2D eigenvalue weighted by Gasteiger charge is -2.20. The Morgan fingerprint density at radius 3 is 1.27 bits per heavy atom. The second-order valence-electron chi connectivity index (χ2n) is 9.01. The first-order valence-electron chi connectivity index (χ1n) is 12.9. The first kappa shape index (κ1) is 29.7. The number of rotatable bonds is 12. The molecule has 0 aliphatic rings. The van der Waals surface area contributed by atoms with Crippen LogP contribution in [-0.2, 0) is 0 Å². The molecule has 0 aromatic heterocycles. The monoisotopic (exact) mass is 574 g/mol. The predicted molar refractivity (Wildman–Crippen MR) is 163 cm³/mol. The van der Waals surface area contributed by atoms with Crippen molar-refractivity contribution < 1.29 is 27.7 Å². The number of halogens is 2. The normalized spacial score (nSPS) is 12.8. The van der Waals surface area contributed by atoms with Crippen LogP contribution in [0.25, 0.3) is 12.2 Å². The molecular formula is C34H32F2O4S. The molecule has 41 heavy (non-hydrogen) atoms. The Morgan fingerprint density at radius 2 is 0.927 bits per heavy atom. The summed E-state index contributed by atoms with van der Waals surface area (Å²) in [6, 6.07) is 24.2. The molecule has 0 spiro atoms. The number of benzene rings is 4. The van der Waals surface area contributed by atoms with Crippen molar-refractivity contribution in [2.75, 3.05) is 28.4 Å². The lowest BCUT2D eigenvalue weighted by molar-refractivity contribution is 0.393. The van der Waals surface area contributed by atoms with E-state index in [1.807, 2.05) is 48.6 Å². The standard InChI is InChI=1S/C34H32F2O4S/c1-37-29-17-9-23(31(21-29)39-3)11-19-33(25-5-13-27(35)14-6-25)41-34(26-7-15-28(36)16-8-26)20-12-24-10-18-30(38-2)22-32(24)40-4/h5-22,33-34H,1-4H3. The Balaban J connectivity index is 1.73. The SMILES string of the molecule is COc1ccc(C=CC(SC(C=Cc2ccc(OC)cc2OC)c2ccc(F)cc2)c2ccc(F)cc2)c(OC)c1. The third kappa shape index (κ3) is 7.92. The van der Waals surface area contributed by atoms with Crippen molar-refractivity contribution in [2.45, 2.75) is 10.5 Å².